The van der Waals surface area contributed by atoms with Crippen LogP contribution in [-0.2, 0) is 9.53 Å². The lowest BCUT2D eigenvalue weighted by atomic mass is 9.78. The van der Waals surface area contributed by atoms with Gasteiger partial charge < -0.3 is 10.1 Å². The van der Waals surface area contributed by atoms with Gasteiger partial charge in [-0.3, -0.25) is 8.77 Å². The molecule has 0 spiro atoms. The number of methoxy groups -OCH3 is 1. The monoisotopic (exact) mass is 575 g/mol. The van der Waals surface area contributed by atoms with Gasteiger partial charge in [-0.15, -0.1) is 0 Å². The van der Waals surface area contributed by atoms with E-state index in [2.05, 4.69) is 41.5 Å². The normalized spacial score (nSPS) is 14.3. The van der Waals surface area contributed by atoms with Gasteiger partial charge in [-0.05, 0) is 24.8 Å². The minimum Gasteiger partial charge on any atom is -0.469 e. The van der Waals surface area contributed by atoms with Crippen molar-refractivity contribution in [3.63, 3.8) is 0 Å². The highest BCUT2D eigenvalue weighted by atomic mass is 127. The van der Waals surface area contributed by atoms with Gasteiger partial charge in [-0.25, -0.2) is 23.7 Å². The number of rotatable bonds is 7. The van der Waals surface area contributed by atoms with Gasteiger partial charge in [-0.2, -0.15) is 0 Å². The van der Waals surface area contributed by atoms with Crippen molar-refractivity contribution in [3.05, 3.63) is 36.3 Å². The number of hydrogen-bond donors (Lipinski definition) is 1. The summed E-state index contributed by atoms with van der Waals surface area (Å²) in [4.78, 5) is 24.4. The van der Waals surface area contributed by atoms with Gasteiger partial charge in [0.05, 0.1) is 25.9 Å². The zero-order valence-electron chi connectivity index (χ0n) is 17.9. The maximum absolute atomic E-state index is 14.5. The van der Waals surface area contributed by atoms with E-state index in [1.807, 2.05) is 13.8 Å². The van der Waals surface area contributed by atoms with Gasteiger partial charge in [0.25, 0.3) is 0 Å². The van der Waals surface area contributed by atoms with E-state index in [4.69, 9.17) is 4.74 Å². The van der Waals surface area contributed by atoms with E-state index in [1.54, 1.807) is 10.2 Å². The van der Waals surface area contributed by atoms with Crippen LogP contribution in [-0.4, -0.2) is 38.0 Å². The zero-order valence-corrected chi connectivity index (χ0v) is 20.9. The van der Waals surface area contributed by atoms with Gasteiger partial charge in [0.2, 0.25) is 0 Å². The summed E-state index contributed by atoms with van der Waals surface area (Å²) in [7, 11) is 2.70. The Hall–Kier alpha value is -2.02. The largest absolute Gasteiger partial charge is 0.469 e. The SMILES string of the molecule is CC.COC(=O)CC(Nc1nc(-c2cn(SI)c3ncc(F)cc23)ncc1F)C1CCC1. The van der Waals surface area contributed by atoms with Crippen LogP contribution in [0.2, 0.25) is 0 Å². The van der Waals surface area contributed by atoms with E-state index in [1.165, 1.54) is 22.3 Å². The molecule has 1 atom stereocenters. The first-order valence-electron chi connectivity index (χ1n) is 10.3. The third-order valence-electron chi connectivity index (χ3n) is 5.29. The zero-order chi connectivity index (χ0) is 23.3. The number of fused-ring (bicyclic) bond motifs is 1. The number of carbonyl (C=O) groups is 1. The summed E-state index contributed by atoms with van der Waals surface area (Å²) in [6, 6.07) is 1.07. The molecule has 7 nitrogen and oxygen atoms in total. The minimum absolute atomic E-state index is 0.00759. The quantitative estimate of drug-likeness (QED) is 0.282. The number of esters is 1. The summed E-state index contributed by atoms with van der Waals surface area (Å²) in [5.41, 5.74) is 1.10. The molecule has 1 N–H and O–H groups in total. The standard InChI is InChI=1S/C19H18F2IN5O2S.C2H6/c1-29-16(28)6-15(10-3-2-4-10)25-18-14(21)8-23-17(26-18)13-9-27(30-22)19-12(13)5-11(20)7-24-19;1-2/h5,7-10,15H,2-4,6H2,1H3,(H,23,25,26);1-2H3. The van der Waals surface area contributed by atoms with Crippen LogP contribution in [0.4, 0.5) is 14.6 Å². The van der Waals surface area contributed by atoms with E-state index in [-0.39, 0.29) is 36.0 Å². The van der Waals surface area contributed by atoms with E-state index in [9.17, 15) is 13.6 Å². The molecule has 0 aliphatic heterocycles. The van der Waals surface area contributed by atoms with Gasteiger partial charge >= 0.3 is 5.97 Å². The van der Waals surface area contributed by atoms with Crippen LogP contribution in [0, 0.1) is 17.6 Å². The Kier molecular flexibility index (Phi) is 8.63. The molecule has 1 saturated carbocycles. The van der Waals surface area contributed by atoms with Crippen molar-refractivity contribution in [3.8, 4) is 11.4 Å². The van der Waals surface area contributed by atoms with Crippen molar-refractivity contribution in [1.29, 1.82) is 0 Å². The van der Waals surface area contributed by atoms with Crippen LogP contribution in [0.5, 0.6) is 0 Å². The van der Waals surface area contributed by atoms with Crippen LogP contribution in [0.3, 0.4) is 0 Å². The predicted octanol–water partition coefficient (Wildman–Crippen LogP) is 5.79. The Balaban J connectivity index is 0.00000141. The van der Waals surface area contributed by atoms with Crippen molar-refractivity contribution < 1.29 is 18.3 Å². The van der Waals surface area contributed by atoms with E-state index in [0.717, 1.165) is 31.7 Å². The first-order chi connectivity index (χ1) is 15.5. The maximum atomic E-state index is 14.5. The number of halogens is 3. The van der Waals surface area contributed by atoms with Crippen molar-refractivity contribution in [2.24, 2.45) is 5.92 Å². The van der Waals surface area contributed by atoms with E-state index in [0.29, 0.717) is 16.6 Å². The van der Waals surface area contributed by atoms with Crippen molar-refractivity contribution >= 4 is 53.1 Å². The highest BCUT2D eigenvalue weighted by molar-refractivity contribution is 14.2. The summed E-state index contributed by atoms with van der Waals surface area (Å²) in [6.07, 6.45) is 7.08. The predicted molar refractivity (Wildman–Crippen MR) is 130 cm³/mol. The Morgan fingerprint density at radius 3 is 2.72 bits per heavy atom. The van der Waals surface area contributed by atoms with Crippen molar-refractivity contribution in [2.45, 2.75) is 45.6 Å². The molecule has 0 bridgehead atoms. The number of nitrogens with zero attached hydrogens (tertiary/aromatic N) is 4. The molecule has 3 heterocycles. The second-order valence-corrected chi connectivity index (χ2v) is 8.79. The highest BCUT2D eigenvalue weighted by Gasteiger charge is 2.30. The summed E-state index contributed by atoms with van der Waals surface area (Å²) in [5.74, 6) is -0.970. The fourth-order valence-corrected chi connectivity index (χ4v) is 4.76. The second-order valence-electron chi connectivity index (χ2n) is 7.07. The lowest BCUT2D eigenvalue weighted by Gasteiger charge is -2.34. The third-order valence-corrected chi connectivity index (χ3v) is 6.99. The Bertz CT molecular complexity index is 1090. The van der Waals surface area contributed by atoms with E-state index < -0.39 is 11.6 Å². The van der Waals surface area contributed by atoms with Crippen LogP contribution in [0.25, 0.3) is 22.4 Å². The number of hydrogen-bond acceptors (Lipinski definition) is 7. The molecule has 0 radical (unpaired) electrons. The molecule has 11 heteroatoms. The lowest BCUT2D eigenvalue weighted by molar-refractivity contribution is -0.141. The van der Waals surface area contributed by atoms with Crippen LogP contribution >= 0.6 is 30.3 Å². The van der Waals surface area contributed by atoms with Gasteiger partial charge in [0.15, 0.2) is 23.1 Å². The fraction of sp³-hybridized carbons (Fsp3) is 0.429. The average Bonchev–Trinajstić information content (AvgIpc) is 3.13. The minimum atomic E-state index is -0.621. The summed E-state index contributed by atoms with van der Waals surface area (Å²) in [5, 5.41) is 3.60. The van der Waals surface area contributed by atoms with Crippen molar-refractivity contribution in [1.82, 2.24) is 18.9 Å². The number of anilines is 1. The van der Waals surface area contributed by atoms with Gasteiger partial charge in [-0.1, -0.05) is 20.3 Å². The number of ether oxygens (including phenoxy) is 1. The molecule has 1 unspecified atom stereocenters. The number of nitrogens with one attached hydrogen (secondary N) is 1. The first kappa shape index (κ1) is 24.6. The average molecular weight is 575 g/mol. The molecular formula is C21H24F2IN5O2S. The number of pyridine rings is 1. The van der Waals surface area contributed by atoms with Gasteiger partial charge in [0, 0.05) is 53.5 Å². The topological polar surface area (TPSA) is 81.9 Å². The molecule has 172 valence electrons. The molecule has 0 aromatic carbocycles. The Labute approximate surface area is 201 Å². The molecule has 1 fully saturated rings. The molecular weight excluding hydrogens is 551 g/mol. The van der Waals surface area contributed by atoms with Crippen LogP contribution in [0.15, 0.2) is 24.7 Å². The lowest BCUT2D eigenvalue weighted by Crippen LogP contribution is -2.36. The molecule has 1 aliphatic rings. The van der Waals surface area contributed by atoms with Crippen molar-refractivity contribution in [2.75, 3.05) is 12.4 Å². The summed E-state index contributed by atoms with van der Waals surface area (Å²) >= 11 is 2.09. The smallest absolute Gasteiger partial charge is 0.307 e. The molecule has 1 aliphatic carbocycles. The second kappa shape index (κ2) is 11.2. The number of aromatic nitrogens is 4. The first-order valence-corrected chi connectivity index (χ1v) is 13.6. The molecule has 3 aromatic heterocycles. The van der Waals surface area contributed by atoms with Crippen LogP contribution in [0.1, 0.15) is 39.5 Å². The molecule has 3 aromatic rings. The molecule has 32 heavy (non-hydrogen) atoms. The Morgan fingerprint density at radius 1 is 1.34 bits per heavy atom. The molecule has 4 rings (SSSR count). The third kappa shape index (κ3) is 5.30. The molecule has 0 saturated heterocycles. The summed E-state index contributed by atoms with van der Waals surface area (Å²) in [6.45, 7) is 4.00. The van der Waals surface area contributed by atoms with Gasteiger partial charge in [0.1, 0.15) is 5.82 Å². The van der Waals surface area contributed by atoms with Crippen LogP contribution < -0.4 is 5.32 Å². The highest BCUT2D eigenvalue weighted by Crippen LogP contribution is 2.35. The summed E-state index contributed by atoms with van der Waals surface area (Å²) < 4.78 is 34.9. The molecule has 0 amide bonds. The fourth-order valence-electron chi connectivity index (χ4n) is 3.50. The maximum Gasteiger partial charge on any atom is 0.307 e. The Morgan fingerprint density at radius 2 is 2.09 bits per heavy atom. The van der Waals surface area contributed by atoms with E-state index >= 15 is 0 Å². The number of carbonyl (C=O) groups excluding carboxylic acids is 1.